The molecule has 0 saturated heterocycles. The van der Waals surface area contributed by atoms with Crippen molar-refractivity contribution in [2.45, 2.75) is 0 Å². The molecular weight excluding hydrogens is 245 g/mol. The summed E-state index contributed by atoms with van der Waals surface area (Å²) in [6.45, 7) is 10.5. The molecule has 0 heterocycles. The second-order valence-electron chi connectivity index (χ2n) is 3.81. The summed E-state index contributed by atoms with van der Waals surface area (Å²) in [4.78, 5) is 11.0. The van der Waals surface area contributed by atoms with Gasteiger partial charge in [-0.05, 0) is 17.3 Å². The van der Waals surface area contributed by atoms with Gasteiger partial charge in [0.1, 0.15) is 0 Å². The van der Waals surface area contributed by atoms with E-state index in [1.54, 1.807) is 12.1 Å². The molecule has 0 saturated carbocycles. The van der Waals surface area contributed by atoms with Gasteiger partial charge in [-0.25, -0.2) is 4.39 Å². The Morgan fingerprint density at radius 3 is 2.39 bits per heavy atom. The van der Waals surface area contributed by atoms with Crippen molar-refractivity contribution in [3.63, 3.8) is 0 Å². The maximum Gasteiger partial charge on any atom is 0.255 e. The Morgan fingerprint density at radius 1 is 1.28 bits per heavy atom. The summed E-state index contributed by atoms with van der Waals surface area (Å²) >= 11 is 0. The summed E-state index contributed by atoms with van der Waals surface area (Å²) in [6, 6.07) is 7.26. The van der Waals surface area contributed by atoms with Crippen molar-refractivity contribution in [2.24, 2.45) is 0 Å². The van der Waals surface area contributed by atoms with Gasteiger partial charge in [0.15, 0.2) is 14.7 Å². The Hall–Kier alpha value is -1.94. The molecule has 0 aliphatic carbocycles. The van der Waals surface area contributed by atoms with E-state index in [0.717, 1.165) is 5.19 Å². The van der Waals surface area contributed by atoms with Gasteiger partial charge in [0.05, 0.1) is 0 Å². The molecule has 1 N–H and O–H groups in total. The molecule has 1 rings (SSSR count). The summed E-state index contributed by atoms with van der Waals surface area (Å²) < 4.78 is 12.2. The van der Waals surface area contributed by atoms with E-state index < -0.39 is 20.7 Å². The number of carbonyl (C=O) groups is 1. The standard InChI is InChI=1S/C14H16FNOSi/c1-4-18(5-2,6-3)13-9-7-8-12(10-13)16-14(17)11-15/h4-10H,1-3,11H2,(H,16,17). The van der Waals surface area contributed by atoms with Crippen molar-refractivity contribution >= 4 is 24.9 Å². The average molecular weight is 261 g/mol. The molecule has 0 radical (unpaired) electrons. The Balaban J connectivity index is 3.14. The molecular formula is C14H16FNOSi. The van der Waals surface area contributed by atoms with Crippen LogP contribution in [0.3, 0.4) is 0 Å². The molecule has 18 heavy (non-hydrogen) atoms. The van der Waals surface area contributed by atoms with Crippen LogP contribution in [0.2, 0.25) is 0 Å². The predicted molar refractivity (Wildman–Crippen MR) is 77.0 cm³/mol. The van der Waals surface area contributed by atoms with Crippen LogP contribution in [-0.4, -0.2) is 20.7 Å². The number of hydrogen-bond donors (Lipinski definition) is 1. The quantitative estimate of drug-likeness (QED) is 0.783. The Bertz CT molecular complexity index is 463. The zero-order valence-corrected chi connectivity index (χ0v) is 11.2. The smallest absolute Gasteiger partial charge is 0.255 e. The highest BCUT2D eigenvalue weighted by molar-refractivity contribution is 7.03. The van der Waals surface area contributed by atoms with Gasteiger partial charge in [-0.1, -0.05) is 29.2 Å². The largest absolute Gasteiger partial charge is 0.324 e. The number of carbonyl (C=O) groups excluding carboxylic acids is 1. The Labute approximate surface area is 108 Å². The summed E-state index contributed by atoms with van der Waals surface area (Å²) in [6.07, 6.45) is 0. The SMILES string of the molecule is C=C[Si](C=C)(C=C)c1cccc(NC(=O)CF)c1. The van der Waals surface area contributed by atoms with Crippen LogP contribution in [0.15, 0.2) is 61.1 Å². The number of hydrogen-bond acceptors (Lipinski definition) is 1. The van der Waals surface area contributed by atoms with Gasteiger partial charge in [-0.3, -0.25) is 4.79 Å². The summed E-state index contributed by atoms with van der Waals surface area (Å²) in [5.41, 5.74) is 6.12. The van der Waals surface area contributed by atoms with E-state index in [4.69, 9.17) is 0 Å². The van der Waals surface area contributed by atoms with E-state index in [9.17, 15) is 9.18 Å². The Kier molecular flexibility index (Phi) is 4.80. The number of alkyl halides is 1. The van der Waals surface area contributed by atoms with Crippen LogP contribution < -0.4 is 10.5 Å². The van der Waals surface area contributed by atoms with Crippen molar-refractivity contribution < 1.29 is 9.18 Å². The number of anilines is 1. The average Bonchev–Trinajstić information content (AvgIpc) is 2.42. The minimum absolute atomic E-state index is 0.567. The number of amides is 1. The van der Waals surface area contributed by atoms with Gasteiger partial charge >= 0.3 is 0 Å². The summed E-state index contributed by atoms with van der Waals surface area (Å²) in [7, 11) is -2.14. The Morgan fingerprint density at radius 2 is 1.89 bits per heavy atom. The second kappa shape index (κ2) is 6.12. The normalized spacial score (nSPS) is 10.5. The van der Waals surface area contributed by atoms with Gasteiger partial charge in [0.25, 0.3) is 5.91 Å². The lowest BCUT2D eigenvalue weighted by Crippen LogP contribution is -2.42. The topological polar surface area (TPSA) is 29.1 Å². The monoisotopic (exact) mass is 261 g/mol. The van der Waals surface area contributed by atoms with Crippen LogP contribution in [-0.2, 0) is 4.79 Å². The second-order valence-corrected chi connectivity index (χ2v) is 7.48. The van der Waals surface area contributed by atoms with E-state index in [0.29, 0.717) is 5.69 Å². The van der Waals surface area contributed by atoms with E-state index in [1.807, 2.05) is 29.2 Å². The fourth-order valence-corrected chi connectivity index (χ4v) is 3.66. The number of rotatable bonds is 6. The molecule has 0 spiro atoms. The maximum absolute atomic E-state index is 12.2. The third kappa shape index (κ3) is 2.84. The first kappa shape index (κ1) is 14.1. The van der Waals surface area contributed by atoms with Crippen LogP contribution in [0.5, 0.6) is 0 Å². The molecule has 0 unspecified atom stereocenters. The molecule has 94 valence electrons. The van der Waals surface area contributed by atoms with Gasteiger partial charge in [0, 0.05) is 5.69 Å². The van der Waals surface area contributed by atoms with Crippen LogP contribution >= 0.6 is 0 Å². The highest BCUT2D eigenvalue weighted by Gasteiger charge is 2.24. The third-order valence-electron chi connectivity index (χ3n) is 2.78. The van der Waals surface area contributed by atoms with Crippen molar-refractivity contribution in [1.29, 1.82) is 0 Å². The van der Waals surface area contributed by atoms with Crippen LogP contribution in [0, 0.1) is 0 Å². The number of nitrogens with one attached hydrogen (secondary N) is 1. The lowest BCUT2D eigenvalue weighted by atomic mass is 10.3. The van der Waals surface area contributed by atoms with Crippen molar-refractivity contribution in [3.8, 4) is 0 Å². The van der Waals surface area contributed by atoms with Crippen LogP contribution in [0.1, 0.15) is 0 Å². The van der Waals surface area contributed by atoms with Crippen LogP contribution in [0.25, 0.3) is 0 Å². The lowest BCUT2D eigenvalue weighted by molar-refractivity contribution is -0.117. The summed E-state index contributed by atoms with van der Waals surface area (Å²) in [5, 5.41) is 3.48. The van der Waals surface area contributed by atoms with Gasteiger partial charge in [-0.15, -0.1) is 19.7 Å². The minimum Gasteiger partial charge on any atom is -0.324 e. The zero-order valence-electron chi connectivity index (χ0n) is 10.2. The van der Waals surface area contributed by atoms with E-state index >= 15 is 0 Å². The molecule has 0 bridgehead atoms. The van der Waals surface area contributed by atoms with Crippen LogP contribution in [0.4, 0.5) is 10.1 Å². The van der Waals surface area contributed by atoms with E-state index in [-0.39, 0.29) is 0 Å². The molecule has 0 aromatic heterocycles. The van der Waals surface area contributed by atoms with E-state index in [2.05, 4.69) is 25.1 Å². The van der Waals surface area contributed by atoms with E-state index in [1.165, 1.54) is 0 Å². The first-order chi connectivity index (χ1) is 8.61. The van der Waals surface area contributed by atoms with Crippen molar-refractivity contribution in [2.75, 3.05) is 12.0 Å². The molecule has 4 heteroatoms. The number of halogens is 1. The molecule has 0 atom stereocenters. The predicted octanol–water partition coefficient (Wildman–Crippen LogP) is 2.43. The minimum atomic E-state index is -2.14. The first-order valence-electron chi connectivity index (χ1n) is 5.49. The number of benzene rings is 1. The highest BCUT2D eigenvalue weighted by Crippen LogP contribution is 2.12. The fourth-order valence-electron chi connectivity index (χ4n) is 1.66. The lowest BCUT2D eigenvalue weighted by Gasteiger charge is -2.21. The summed E-state index contributed by atoms with van der Waals surface area (Å²) in [5.74, 6) is -0.657. The molecule has 1 aromatic rings. The molecule has 0 aliphatic rings. The maximum atomic E-state index is 12.2. The molecule has 0 aliphatic heterocycles. The van der Waals surface area contributed by atoms with Gasteiger partial charge in [0.2, 0.25) is 0 Å². The van der Waals surface area contributed by atoms with Gasteiger partial charge < -0.3 is 5.32 Å². The zero-order chi connectivity index (χ0) is 13.6. The first-order valence-corrected chi connectivity index (χ1v) is 7.72. The fraction of sp³-hybridized carbons (Fsp3) is 0.0714. The van der Waals surface area contributed by atoms with Crippen molar-refractivity contribution in [3.05, 3.63) is 61.1 Å². The third-order valence-corrected chi connectivity index (χ3v) is 6.12. The highest BCUT2D eigenvalue weighted by atomic mass is 28.3. The van der Waals surface area contributed by atoms with Crippen molar-refractivity contribution in [1.82, 2.24) is 0 Å². The molecule has 1 amide bonds. The molecule has 0 fully saturated rings. The molecule has 1 aromatic carbocycles. The van der Waals surface area contributed by atoms with Gasteiger partial charge in [-0.2, -0.15) is 0 Å². The molecule has 2 nitrogen and oxygen atoms in total.